The van der Waals surface area contributed by atoms with Crippen molar-refractivity contribution in [3.05, 3.63) is 35.9 Å². The molecular formula is C15H21ClFNO2. The van der Waals surface area contributed by atoms with Crippen molar-refractivity contribution in [3.8, 4) is 0 Å². The molecule has 5 heteroatoms. The number of hydrogen-bond donors (Lipinski definition) is 1. The van der Waals surface area contributed by atoms with Gasteiger partial charge in [-0.15, -0.1) is 12.4 Å². The first-order chi connectivity index (χ1) is 9.24. The Morgan fingerprint density at radius 2 is 1.90 bits per heavy atom. The summed E-state index contributed by atoms with van der Waals surface area (Å²) in [6.45, 7) is 1.36. The van der Waals surface area contributed by atoms with Gasteiger partial charge in [-0.1, -0.05) is 30.3 Å². The van der Waals surface area contributed by atoms with Crippen LogP contribution in [0.2, 0.25) is 0 Å². The third kappa shape index (κ3) is 4.76. The van der Waals surface area contributed by atoms with Gasteiger partial charge < -0.3 is 10.1 Å². The molecule has 1 aliphatic rings. The normalized spacial score (nSPS) is 17.1. The maximum absolute atomic E-state index is 13.2. The number of benzene rings is 1. The smallest absolute Gasteiger partial charge is 0.306 e. The van der Waals surface area contributed by atoms with Gasteiger partial charge in [0.15, 0.2) is 0 Å². The van der Waals surface area contributed by atoms with E-state index in [1.807, 2.05) is 30.3 Å². The van der Waals surface area contributed by atoms with Crippen molar-refractivity contribution in [1.82, 2.24) is 5.32 Å². The monoisotopic (exact) mass is 301 g/mol. The molecule has 0 amide bonds. The van der Waals surface area contributed by atoms with E-state index >= 15 is 0 Å². The molecule has 1 aliphatic heterocycles. The van der Waals surface area contributed by atoms with Crippen molar-refractivity contribution in [2.45, 2.75) is 25.9 Å². The molecule has 0 unspecified atom stereocenters. The van der Waals surface area contributed by atoms with Crippen molar-refractivity contribution >= 4 is 18.4 Å². The Morgan fingerprint density at radius 3 is 2.50 bits per heavy atom. The second kappa shape index (κ2) is 8.22. The minimum atomic E-state index is -0.515. The van der Waals surface area contributed by atoms with Gasteiger partial charge in [-0.25, -0.2) is 0 Å². The SMILES string of the molecule is Cl.O=C(CC1(CF)CCNCC1)OCc1ccccc1. The quantitative estimate of drug-likeness (QED) is 0.850. The lowest BCUT2D eigenvalue weighted by atomic mass is 9.77. The number of carbonyl (C=O) groups excluding carboxylic acids is 1. The Morgan fingerprint density at radius 1 is 1.25 bits per heavy atom. The van der Waals surface area contributed by atoms with E-state index in [1.54, 1.807) is 0 Å². The van der Waals surface area contributed by atoms with E-state index in [2.05, 4.69) is 5.32 Å². The van der Waals surface area contributed by atoms with Crippen molar-refractivity contribution in [2.24, 2.45) is 5.41 Å². The fourth-order valence-corrected chi connectivity index (χ4v) is 2.41. The number of carbonyl (C=O) groups is 1. The molecule has 20 heavy (non-hydrogen) atoms. The first-order valence-electron chi connectivity index (χ1n) is 6.70. The predicted molar refractivity (Wildman–Crippen MR) is 78.6 cm³/mol. The average molecular weight is 302 g/mol. The van der Waals surface area contributed by atoms with E-state index in [0.29, 0.717) is 12.8 Å². The maximum Gasteiger partial charge on any atom is 0.306 e. The molecule has 112 valence electrons. The Balaban J connectivity index is 0.00000200. The zero-order valence-electron chi connectivity index (χ0n) is 11.4. The molecule has 1 fully saturated rings. The number of rotatable bonds is 5. The molecule has 0 bridgehead atoms. The summed E-state index contributed by atoms with van der Waals surface area (Å²) in [5, 5.41) is 3.19. The Labute approximate surface area is 125 Å². The summed E-state index contributed by atoms with van der Waals surface area (Å²) in [6, 6.07) is 9.53. The van der Waals surface area contributed by atoms with Crippen LogP contribution in [0.15, 0.2) is 30.3 Å². The van der Waals surface area contributed by atoms with Crippen molar-refractivity contribution in [2.75, 3.05) is 19.8 Å². The third-order valence-electron chi connectivity index (χ3n) is 3.71. The Hall–Kier alpha value is -1.13. The van der Waals surface area contributed by atoms with Crippen LogP contribution in [0.4, 0.5) is 4.39 Å². The summed E-state index contributed by atoms with van der Waals surface area (Å²) in [5.41, 5.74) is 0.439. The minimum Gasteiger partial charge on any atom is -0.461 e. The van der Waals surface area contributed by atoms with Crippen molar-refractivity contribution in [3.63, 3.8) is 0 Å². The van der Waals surface area contributed by atoms with Crippen LogP contribution in [0.5, 0.6) is 0 Å². The molecule has 0 aliphatic carbocycles. The molecule has 0 atom stereocenters. The summed E-state index contributed by atoms with van der Waals surface area (Å²) in [7, 11) is 0. The second-order valence-corrected chi connectivity index (χ2v) is 5.21. The van der Waals surface area contributed by atoms with Gasteiger partial charge in [0.25, 0.3) is 0 Å². The van der Waals surface area contributed by atoms with E-state index in [9.17, 15) is 9.18 Å². The highest BCUT2D eigenvalue weighted by Crippen LogP contribution is 2.33. The number of hydrogen-bond acceptors (Lipinski definition) is 3. The summed E-state index contributed by atoms with van der Waals surface area (Å²) >= 11 is 0. The Kier molecular flexibility index (Phi) is 6.96. The summed E-state index contributed by atoms with van der Waals surface area (Å²) in [6.07, 6.45) is 1.58. The highest BCUT2D eigenvalue weighted by atomic mass is 35.5. The van der Waals surface area contributed by atoms with Crippen LogP contribution in [0, 0.1) is 5.41 Å². The van der Waals surface area contributed by atoms with Crippen molar-refractivity contribution < 1.29 is 13.9 Å². The molecule has 1 aromatic rings. The number of piperidine rings is 1. The predicted octanol–water partition coefficient (Wildman–Crippen LogP) is 2.88. The molecule has 0 spiro atoms. The lowest BCUT2D eigenvalue weighted by Gasteiger charge is -2.34. The standard InChI is InChI=1S/C15H20FNO2.ClH/c16-12-15(6-8-17-9-7-15)10-14(18)19-11-13-4-2-1-3-5-13;/h1-5,17H,6-12H2;1H. The van der Waals surface area contributed by atoms with E-state index in [0.717, 1.165) is 18.7 Å². The zero-order chi connectivity index (χ0) is 13.6. The van der Waals surface area contributed by atoms with Gasteiger partial charge in [0.1, 0.15) is 6.61 Å². The molecule has 0 aromatic heterocycles. The maximum atomic E-state index is 13.2. The topological polar surface area (TPSA) is 38.3 Å². The van der Waals surface area contributed by atoms with Gasteiger partial charge in [-0.3, -0.25) is 9.18 Å². The molecular weight excluding hydrogens is 281 g/mol. The van der Waals surface area contributed by atoms with E-state index < -0.39 is 12.1 Å². The van der Waals surface area contributed by atoms with Crippen LogP contribution in [0.25, 0.3) is 0 Å². The summed E-state index contributed by atoms with van der Waals surface area (Å²) < 4.78 is 18.5. The number of ether oxygens (including phenoxy) is 1. The molecule has 0 radical (unpaired) electrons. The first kappa shape index (κ1) is 16.9. The molecule has 1 N–H and O–H groups in total. The molecule has 0 saturated carbocycles. The summed E-state index contributed by atoms with van der Waals surface area (Å²) in [4.78, 5) is 11.8. The van der Waals surface area contributed by atoms with Crippen LogP contribution in [0.1, 0.15) is 24.8 Å². The zero-order valence-corrected chi connectivity index (χ0v) is 12.3. The average Bonchev–Trinajstić information content (AvgIpc) is 2.47. The van der Waals surface area contributed by atoms with Gasteiger partial charge in [-0.2, -0.15) is 0 Å². The number of alkyl halides is 1. The lowest BCUT2D eigenvalue weighted by molar-refractivity contribution is -0.148. The second-order valence-electron chi connectivity index (χ2n) is 5.21. The van der Waals surface area contributed by atoms with E-state index in [4.69, 9.17) is 4.74 Å². The van der Waals surface area contributed by atoms with Crippen LogP contribution < -0.4 is 5.32 Å². The van der Waals surface area contributed by atoms with Crippen LogP contribution in [-0.4, -0.2) is 25.7 Å². The van der Waals surface area contributed by atoms with Crippen LogP contribution >= 0.6 is 12.4 Å². The fourth-order valence-electron chi connectivity index (χ4n) is 2.41. The van der Waals surface area contributed by atoms with Gasteiger partial charge in [0.2, 0.25) is 0 Å². The van der Waals surface area contributed by atoms with E-state index in [-0.39, 0.29) is 31.4 Å². The highest BCUT2D eigenvalue weighted by Gasteiger charge is 2.35. The molecule has 1 aromatic carbocycles. The molecule has 3 nitrogen and oxygen atoms in total. The van der Waals surface area contributed by atoms with Gasteiger partial charge in [-0.05, 0) is 31.5 Å². The Bertz CT molecular complexity index is 408. The largest absolute Gasteiger partial charge is 0.461 e. The number of halogens is 2. The third-order valence-corrected chi connectivity index (χ3v) is 3.71. The van der Waals surface area contributed by atoms with Gasteiger partial charge in [0, 0.05) is 5.41 Å². The van der Waals surface area contributed by atoms with Crippen LogP contribution in [0.3, 0.4) is 0 Å². The molecule has 1 saturated heterocycles. The van der Waals surface area contributed by atoms with E-state index in [1.165, 1.54) is 0 Å². The number of nitrogens with one attached hydrogen (secondary N) is 1. The fraction of sp³-hybridized carbons (Fsp3) is 0.533. The van der Waals surface area contributed by atoms with Gasteiger partial charge >= 0.3 is 5.97 Å². The molecule has 1 heterocycles. The number of esters is 1. The lowest BCUT2D eigenvalue weighted by Crippen LogP contribution is -2.39. The van der Waals surface area contributed by atoms with Crippen LogP contribution in [-0.2, 0) is 16.1 Å². The molecule has 2 rings (SSSR count). The van der Waals surface area contributed by atoms with Gasteiger partial charge in [0.05, 0.1) is 13.1 Å². The first-order valence-corrected chi connectivity index (χ1v) is 6.70. The minimum absolute atomic E-state index is 0. The van der Waals surface area contributed by atoms with Crippen molar-refractivity contribution in [1.29, 1.82) is 0 Å². The summed E-state index contributed by atoms with van der Waals surface area (Å²) in [5.74, 6) is -0.302. The highest BCUT2D eigenvalue weighted by molar-refractivity contribution is 5.85.